The Labute approximate surface area is 146 Å². The maximum atomic E-state index is 12.2. The number of hydrogen-bond acceptors (Lipinski definition) is 5. The van der Waals surface area contributed by atoms with Gasteiger partial charge < -0.3 is 10.1 Å². The van der Waals surface area contributed by atoms with Gasteiger partial charge in [0.05, 0.1) is 4.90 Å². The Kier molecular flexibility index (Phi) is 6.76. The molecular weight excluding hydrogens is 356 g/mol. The maximum absolute atomic E-state index is 12.2. The summed E-state index contributed by atoms with van der Waals surface area (Å²) in [5.41, 5.74) is -0.455. The van der Waals surface area contributed by atoms with Gasteiger partial charge in [-0.3, -0.25) is 9.59 Å². The van der Waals surface area contributed by atoms with Crippen LogP contribution in [0.1, 0.15) is 27.7 Å². The second-order valence-corrected chi connectivity index (χ2v) is 8.36. The molecule has 1 rings (SSSR count). The molecule has 0 heterocycles. The molecule has 0 saturated carbocycles. The fourth-order valence-electron chi connectivity index (χ4n) is 1.70. The van der Waals surface area contributed by atoms with E-state index in [1.54, 1.807) is 20.8 Å². The lowest BCUT2D eigenvalue weighted by molar-refractivity contribution is -0.150. The van der Waals surface area contributed by atoms with Gasteiger partial charge in [0.2, 0.25) is 10.0 Å². The maximum Gasteiger partial charge on any atom is 0.324 e. The van der Waals surface area contributed by atoms with E-state index in [9.17, 15) is 18.0 Å². The summed E-state index contributed by atoms with van der Waals surface area (Å²) >= 11 is 5.76. The second kappa shape index (κ2) is 7.96. The van der Waals surface area contributed by atoms with Crippen LogP contribution in [0.25, 0.3) is 0 Å². The van der Waals surface area contributed by atoms with Gasteiger partial charge in [-0.2, -0.15) is 4.72 Å². The molecule has 7 nitrogen and oxygen atoms in total. The summed E-state index contributed by atoms with van der Waals surface area (Å²) in [5, 5.41) is 2.88. The van der Waals surface area contributed by atoms with E-state index in [0.29, 0.717) is 0 Å². The smallest absolute Gasteiger partial charge is 0.324 e. The molecule has 1 amide bonds. The van der Waals surface area contributed by atoms with Crippen molar-refractivity contribution in [1.29, 1.82) is 0 Å². The van der Waals surface area contributed by atoms with Crippen molar-refractivity contribution in [2.75, 3.05) is 6.61 Å². The first kappa shape index (κ1) is 20.4. The molecule has 0 saturated heterocycles. The molecule has 0 aliphatic rings. The minimum atomic E-state index is -3.93. The van der Waals surface area contributed by atoms with Crippen molar-refractivity contribution < 1.29 is 22.7 Å². The van der Waals surface area contributed by atoms with Gasteiger partial charge in [0.15, 0.2) is 6.61 Å². The minimum Gasteiger partial charge on any atom is -0.454 e. The van der Waals surface area contributed by atoms with Crippen LogP contribution < -0.4 is 10.0 Å². The summed E-state index contributed by atoms with van der Waals surface area (Å²) in [5.74, 6) is -1.33. The van der Waals surface area contributed by atoms with Crippen molar-refractivity contribution in [2.45, 2.75) is 44.2 Å². The van der Waals surface area contributed by atoms with E-state index in [2.05, 4.69) is 10.0 Å². The Balaban J connectivity index is 2.62. The average molecular weight is 377 g/mol. The number of rotatable bonds is 6. The zero-order chi connectivity index (χ0) is 18.5. The largest absolute Gasteiger partial charge is 0.454 e. The molecular formula is C15H21ClN2O5S. The van der Waals surface area contributed by atoms with Gasteiger partial charge in [0.25, 0.3) is 5.91 Å². The molecule has 1 atom stereocenters. The number of nitrogens with one attached hydrogen (secondary N) is 2. The summed E-state index contributed by atoms with van der Waals surface area (Å²) in [6.45, 7) is 6.20. The summed E-state index contributed by atoms with van der Waals surface area (Å²) in [6, 6.07) is 4.47. The first-order valence-corrected chi connectivity index (χ1v) is 9.02. The van der Waals surface area contributed by atoms with Crippen molar-refractivity contribution in [2.24, 2.45) is 0 Å². The van der Waals surface area contributed by atoms with Crippen molar-refractivity contribution in [3.05, 3.63) is 29.3 Å². The lowest BCUT2D eigenvalue weighted by Crippen LogP contribution is -2.44. The van der Waals surface area contributed by atoms with Crippen LogP contribution in [0.2, 0.25) is 5.02 Å². The third-order valence-electron chi connectivity index (χ3n) is 2.65. The molecule has 0 bridgehead atoms. The van der Waals surface area contributed by atoms with Crippen LogP contribution in [0, 0.1) is 0 Å². The number of halogens is 1. The highest BCUT2D eigenvalue weighted by molar-refractivity contribution is 7.89. The lowest BCUT2D eigenvalue weighted by Gasteiger charge is -2.20. The number of benzene rings is 1. The van der Waals surface area contributed by atoms with E-state index < -0.39 is 40.1 Å². The summed E-state index contributed by atoms with van der Waals surface area (Å²) in [7, 11) is -3.93. The van der Waals surface area contributed by atoms with E-state index in [1.165, 1.54) is 31.2 Å². The number of ether oxygens (including phenoxy) is 1. The van der Waals surface area contributed by atoms with Crippen molar-refractivity contribution in [3.8, 4) is 0 Å². The predicted octanol–water partition coefficient (Wildman–Crippen LogP) is 1.46. The van der Waals surface area contributed by atoms with Crippen LogP contribution in [-0.4, -0.2) is 38.5 Å². The summed E-state index contributed by atoms with van der Waals surface area (Å²) in [4.78, 5) is 23.4. The molecule has 0 spiro atoms. The zero-order valence-electron chi connectivity index (χ0n) is 13.9. The SMILES string of the molecule is C[C@H](NS(=O)(=O)c1cccc(Cl)c1)C(=O)OCC(=O)NC(C)(C)C. The van der Waals surface area contributed by atoms with E-state index in [4.69, 9.17) is 16.3 Å². The molecule has 9 heteroatoms. The van der Waals surface area contributed by atoms with Crippen LogP contribution in [0.5, 0.6) is 0 Å². The second-order valence-electron chi connectivity index (χ2n) is 6.21. The molecule has 134 valence electrons. The number of carbonyl (C=O) groups is 2. The molecule has 0 aliphatic heterocycles. The van der Waals surface area contributed by atoms with Crippen LogP contribution in [0.4, 0.5) is 0 Å². The molecule has 0 aromatic heterocycles. The molecule has 0 fully saturated rings. The van der Waals surface area contributed by atoms with Gasteiger partial charge in [0, 0.05) is 10.6 Å². The fraction of sp³-hybridized carbons (Fsp3) is 0.467. The Hall–Kier alpha value is -1.64. The van der Waals surface area contributed by atoms with Gasteiger partial charge >= 0.3 is 5.97 Å². The number of amides is 1. The number of sulfonamides is 1. The zero-order valence-corrected chi connectivity index (χ0v) is 15.5. The van der Waals surface area contributed by atoms with Crippen molar-refractivity contribution in [3.63, 3.8) is 0 Å². The first-order valence-electron chi connectivity index (χ1n) is 7.16. The lowest BCUT2D eigenvalue weighted by atomic mass is 10.1. The third-order valence-corrected chi connectivity index (χ3v) is 4.43. The normalized spacial score (nSPS) is 13.2. The van der Waals surface area contributed by atoms with E-state index >= 15 is 0 Å². The standard InChI is InChI=1S/C15H21ClN2O5S/c1-10(14(20)23-9-13(19)17-15(2,3)4)18-24(21,22)12-7-5-6-11(16)8-12/h5-8,10,18H,9H2,1-4H3,(H,17,19)/t10-/m0/s1. The van der Waals surface area contributed by atoms with E-state index in [-0.39, 0.29) is 9.92 Å². The molecule has 0 unspecified atom stereocenters. The topological polar surface area (TPSA) is 102 Å². The summed E-state index contributed by atoms with van der Waals surface area (Å²) in [6.07, 6.45) is 0. The monoisotopic (exact) mass is 376 g/mol. The van der Waals surface area contributed by atoms with Crippen LogP contribution in [0.3, 0.4) is 0 Å². The molecule has 24 heavy (non-hydrogen) atoms. The van der Waals surface area contributed by atoms with Gasteiger partial charge in [-0.05, 0) is 45.9 Å². The number of hydrogen-bond donors (Lipinski definition) is 2. The van der Waals surface area contributed by atoms with E-state index in [0.717, 1.165) is 0 Å². The Bertz CT molecular complexity index is 713. The third kappa shape index (κ3) is 6.86. The average Bonchev–Trinajstić information content (AvgIpc) is 2.42. The fourth-order valence-corrected chi connectivity index (χ4v) is 3.19. The van der Waals surface area contributed by atoms with Gasteiger partial charge in [-0.1, -0.05) is 17.7 Å². The highest BCUT2D eigenvalue weighted by atomic mass is 35.5. The van der Waals surface area contributed by atoms with Crippen molar-refractivity contribution >= 4 is 33.5 Å². The van der Waals surface area contributed by atoms with Crippen LogP contribution in [0.15, 0.2) is 29.2 Å². The van der Waals surface area contributed by atoms with Crippen LogP contribution >= 0.6 is 11.6 Å². The van der Waals surface area contributed by atoms with Gasteiger partial charge in [-0.15, -0.1) is 0 Å². The highest BCUT2D eigenvalue weighted by Crippen LogP contribution is 2.15. The number of carbonyl (C=O) groups excluding carboxylic acids is 2. The quantitative estimate of drug-likeness (QED) is 0.732. The minimum absolute atomic E-state index is 0.0693. The van der Waals surface area contributed by atoms with Crippen molar-refractivity contribution in [1.82, 2.24) is 10.0 Å². The molecule has 2 N–H and O–H groups in total. The Morgan fingerprint density at radius 3 is 2.46 bits per heavy atom. The summed E-state index contributed by atoms with van der Waals surface area (Å²) < 4.78 is 31.3. The molecule has 0 aliphatic carbocycles. The molecule has 1 aromatic rings. The highest BCUT2D eigenvalue weighted by Gasteiger charge is 2.24. The van der Waals surface area contributed by atoms with E-state index in [1.807, 2.05) is 0 Å². The van der Waals surface area contributed by atoms with Crippen LogP contribution in [-0.2, 0) is 24.3 Å². The number of esters is 1. The first-order chi connectivity index (χ1) is 10.9. The molecule has 1 aromatic carbocycles. The molecule has 0 radical (unpaired) electrons. The van der Waals surface area contributed by atoms with Gasteiger partial charge in [-0.25, -0.2) is 8.42 Å². The Morgan fingerprint density at radius 1 is 1.29 bits per heavy atom. The predicted molar refractivity (Wildman–Crippen MR) is 90.1 cm³/mol. The van der Waals surface area contributed by atoms with Gasteiger partial charge in [0.1, 0.15) is 6.04 Å². The Morgan fingerprint density at radius 2 is 1.92 bits per heavy atom.